The fourth-order valence-corrected chi connectivity index (χ4v) is 4.75. The first-order valence-electron chi connectivity index (χ1n) is 9.97. The normalized spacial score (nSPS) is 12.3. The van der Waals surface area contributed by atoms with E-state index in [2.05, 4.69) is 4.99 Å². The highest BCUT2D eigenvalue weighted by molar-refractivity contribution is 7.89. The van der Waals surface area contributed by atoms with Crippen LogP contribution in [-0.4, -0.2) is 45.7 Å². The van der Waals surface area contributed by atoms with E-state index in [1.807, 2.05) is 0 Å². The maximum Gasteiger partial charge on any atom is 0.326 e. The molecule has 10 nitrogen and oxygen atoms in total. The Labute approximate surface area is 199 Å². The van der Waals surface area contributed by atoms with E-state index in [-0.39, 0.29) is 22.8 Å². The second-order valence-corrected chi connectivity index (χ2v) is 9.42. The number of amides is 1. The van der Waals surface area contributed by atoms with E-state index in [1.165, 1.54) is 43.1 Å². The Bertz CT molecular complexity index is 1440. The first-order chi connectivity index (χ1) is 16.2. The van der Waals surface area contributed by atoms with E-state index >= 15 is 0 Å². The number of hydrogen-bond acceptors (Lipinski definition) is 8. The molecule has 0 saturated heterocycles. The Morgan fingerprint density at radius 2 is 1.85 bits per heavy atom. The highest BCUT2D eigenvalue weighted by atomic mass is 32.2. The van der Waals surface area contributed by atoms with Crippen molar-refractivity contribution in [2.45, 2.75) is 18.4 Å². The number of fused-ring (bicyclic) bond motifs is 1. The van der Waals surface area contributed by atoms with Crippen LogP contribution < -0.4 is 19.4 Å². The Balaban J connectivity index is 2.02. The number of aromatic nitrogens is 1. The third kappa shape index (κ3) is 5.90. The van der Waals surface area contributed by atoms with Crippen LogP contribution in [0.1, 0.15) is 12.5 Å². The molecule has 0 aliphatic rings. The smallest absolute Gasteiger partial charge is 0.326 e. The van der Waals surface area contributed by atoms with E-state index < -0.39 is 21.9 Å². The Morgan fingerprint density at radius 1 is 1.12 bits per heavy atom. The average molecular weight is 506 g/mol. The molecule has 12 heteroatoms. The van der Waals surface area contributed by atoms with Crippen molar-refractivity contribution in [1.29, 1.82) is 0 Å². The van der Waals surface area contributed by atoms with Gasteiger partial charge in [0, 0.05) is 6.08 Å². The lowest BCUT2D eigenvalue weighted by Gasteiger charge is -2.07. The van der Waals surface area contributed by atoms with Gasteiger partial charge in [0.1, 0.15) is 6.54 Å². The molecule has 0 aliphatic heterocycles. The molecule has 0 radical (unpaired) electrons. The molecule has 3 aromatic rings. The third-order valence-electron chi connectivity index (χ3n) is 4.61. The molecule has 0 fully saturated rings. The highest BCUT2D eigenvalue weighted by Gasteiger charge is 2.15. The molecular weight excluding hydrogens is 482 g/mol. The van der Waals surface area contributed by atoms with Gasteiger partial charge in [-0.15, -0.1) is 0 Å². The molecule has 1 aromatic heterocycles. The lowest BCUT2D eigenvalue weighted by atomic mass is 10.2. The SMILES string of the molecule is CCOC(=O)Cn1c(=NC(=O)C=Cc2ccc(OC)c(OC)c2)sc2cc(S(N)(=O)=O)ccc21. The van der Waals surface area contributed by atoms with Gasteiger partial charge in [-0.05, 0) is 48.9 Å². The minimum atomic E-state index is -3.92. The van der Waals surface area contributed by atoms with Crippen molar-refractivity contribution in [3.8, 4) is 11.5 Å². The molecule has 180 valence electrons. The molecule has 34 heavy (non-hydrogen) atoms. The van der Waals surface area contributed by atoms with Crippen molar-refractivity contribution in [3.63, 3.8) is 0 Å². The zero-order valence-corrected chi connectivity index (χ0v) is 20.3. The van der Waals surface area contributed by atoms with Crippen molar-refractivity contribution in [3.05, 3.63) is 52.8 Å². The molecular formula is C22H23N3O7S2. The van der Waals surface area contributed by atoms with Crippen LogP contribution in [0, 0.1) is 0 Å². The Hall–Kier alpha value is -3.48. The summed E-state index contributed by atoms with van der Waals surface area (Å²) in [7, 11) is -0.888. The van der Waals surface area contributed by atoms with E-state index in [0.29, 0.717) is 27.3 Å². The Morgan fingerprint density at radius 3 is 2.50 bits per heavy atom. The largest absolute Gasteiger partial charge is 0.493 e. The second kappa shape index (κ2) is 10.6. The van der Waals surface area contributed by atoms with Crippen molar-refractivity contribution in [2.24, 2.45) is 10.1 Å². The summed E-state index contributed by atoms with van der Waals surface area (Å²) in [5.41, 5.74) is 1.20. The van der Waals surface area contributed by atoms with Gasteiger partial charge in [0.2, 0.25) is 10.0 Å². The maximum absolute atomic E-state index is 12.6. The quantitative estimate of drug-likeness (QED) is 0.365. The first-order valence-corrected chi connectivity index (χ1v) is 12.3. The van der Waals surface area contributed by atoms with Gasteiger partial charge in [-0.25, -0.2) is 13.6 Å². The zero-order valence-electron chi connectivity index (χ0n) is 18.7. The molecule has 0 saturated carbocycles. The maximum atomic E-state index is 12.6. The molecule has 1 amide bonds. The number of ether oxygens (including phenoxy) is 3. The van der Waals surface area contributed by atoms with Crippen molar-refractivity contribution >= 4 is 49.5 Å². The minimum absolute atomic E-state index is 0.0873. The molecule has 2 aromatic carbocycles. The van der Waals surface area contributed by atoms with Gasteiger partial charge in [0.05, 0.1) is 35.9 Å². The first kappa shape index (κ1) is 25.1. The monoisotopic (exact) mass is 505 g/mol. The van der Waals surface area contributed by atoms with Crippen LogP contribution in [-0.2, 0) is 30.9 Å². The molecule has 0 unspecified atom stereocenters. The Kier molecular flexibility index (Phi) is 7.87. The topological polar surface area (TPSA) is 139 Å². The number of rotatable bonds is 8. The number of nitrogens with two attached hydrogens (primary N) is 1. The summed E-state index contributed by atoms with van der Waals surface area (Å²) in [4.78, 5) is 28.9. The number of sulfonamides is 1. The van der Waals surface area contributed by atoms with Gasteiger partial charge in [0.15, 0.2) is 16.3 Å². The predicted molar refractivity (Wildman–Crippen MR) is 127 cm³/mol. The van der Waals surface area contributed by atoms with E-state index in [0.717, 1.165) is 11.3 Å². The van der Waals surface area contributed by atoms with E-state index in [4.69, 9.17) is 19.3 Å². The van der Waals surface area contributed by atoms with Gasteiger partial charge in [-0.2, -0.15) is 4.99 Å². The van der Waals surface area contributed by atoms with Gasteiger partial charge in [0.25, 0.3) is 5.91 Å². The number of carbonyl (C=O) groups is 2. The molecule has 2 N–H and O–H groups in total. The number of hydrogen-bond donors (Lipinski definition) is 1. The van der Waals surface area contributed by atoms with Gasteiger partial charge in [-0.3, -0.25) is 9.59 Å². The van der Waals surface area contributed by atoms with Crippen LogP contribution >= 0.6 is 11.3 Å². The summed E-state index contributed by atoms with van der Waals surface area (Å²) < 4.78 is 40.9. The summed E-state index contributed by atoms with van der Waals surface area (Å²) >= 11 is 1.05. The van der Waals surface area contributed by atoms with Crippen LogP contribution in [0.3, 0.4) is 0 Å². The summed E-state index contributed by atoms with van der Waals surface area (Å²) in [5.74, 6) is -0.0330. The van der Waals surface area contributed by atoms with Gasteiger partial charge >= 0.3 is 5.97 Å². The van der Waals surface area contributed by atoms with Crippen LogP contribution in [0.15, 0.2) is 52.4 Å². The van der Waals surface area contributed by atoms with Gasteiger partial charge < -0.3 is 18.8 Å². The standard InChI is InChI=1S/C22H23N3O7S2/c1-4-32-21(27)13-25-16-8-7-15(34(23,28)29)12-19(16)33-22(25)24-20(26)10-6-14-5-9-17(30-2)18(11-14)31-3/h5-12H,4,13H2,1-3H3,(H2,23,28,29). The second-order valence-electron chi connectivity index (χ2n) is 6.85. The number of nitrogens with zero attached hydrogens (tertiary/aromatic N) is 2. The van der Waals surface area contributed by atoms with Crippen LogP contribution in [0.5, 0.6) is 11.5 Å². The summed E-state index contributed by atoms with van der Waals surface area (Å²) in [6, 6.07) is 9.38. The fourth-order valence-electron chi connectivity index (χ4n) is 3.06. The van der Waals surface area contributed by atoms with Gasteiger partial charge in [-0.1, -0.05) is 17.4 Å². The molecule has 0 bridgehead atoms. The highest BCUT2D eigenvalue weighted by Crippen LogP contribution is 2.28. The average Bonchev–Trinajstić information content (AvgIpc) is 3.12. The van der Waals surface area contributed by atoms with Crippen LogP contribution in [0.4, 0.5) is 0 Å². The van der Waals surface area contributed by atoms with E-state index in [9.17, 15) is 18.0 Å². The number of methoxy groups -OCH3 is 2. The summed E-state index contributed by atoms with van der Waals surface area (Å²) in [5, 5.41) is 5.22. The molecule has 0 spiro atoms. The molecule has 0 aliphatic carbocycles. The third-order valence-corrected chi connectivity index (χ3v) is 6.56. The number of thiazole rings is 1. The number of benzene rings is 2. The molecule has 0 atom stereocenters. The van der Waals surface area contributed by atoms with Crippen molar-refractivity contribution < 1.29 is 32.2 Å². The lowest BCUT2D eigenvalue weighted by Crippen LogP contribution is -2.22. The molecule has 1 heterocycles. The minimum Gasteiger partial charge on any atom is -0.493 e. The van der Waals surface area contributed by atoms with Crippen LogP contribution in [0.2, 0.25) is 0 Å². The summed E-state index contributed by atoms with van der Waals surface area (Å²) in [6.45, 7) is 1.67. The summed E-state index contributed by atoms with van der Waals surface area (Å²) in [6.07, 6.45) is 2.84. The fraction of sp³-hybridized carbons (Fsp3) is 0.227. The lowest BCUT2D eigenvalue weighted by molar-refractivity contribution is -0.143. The van der Waals surface area contributed by atoms with Crippen molar-refractivity contribution in [1.82, 2.24) is 4.57 Å². The zero-order chi connectivity index (χ0) is 24.9. The number of carbonyl (C=O) groups excluding carboxylic acids is 2. The number of esters is 1. The molecule has 3 rings (SSSR count). The predicted octanol–water partition coefficient (Wildman–Crippen LogP) is 2.07. The van der Waals surface area contributed by atoms with Crippen LogP contribution in [0.25, 0.3) is 16.3 Å². The van der Waals surface area contributed by atoms with Crippen molar-refractivity contribution in [2.75, 3.05) is 20.8 Å². The van der Waals surface area contributed by atoms with E-state index in [1.54, 1.807) is 31.2 Å². The number of primary sulfonamides is 1.